The zero-order valence-corrected chi connectivity index (χ0v) is 14.5. The number of furan rings is 1. The Labute approximate surface area is 137 Å². The molecule has 0 amide bonds. The highest BCUT2D eigenvalue weighted by Gasteiger charge is 2.41. The van der Waals surface area contributed by atoms with Gasteiger partial charge in [-0.15, -0.1) is 24.0 Å². The first-order chi connectivity index (χ1) is 9.28. The lowest BCUT2D eigenvalue weighted by atomic mass is 10.0. The molecule has 0 aromatic carbocycles. The van der Waals surface area contributed by atoms with E-state index in [0.29, 0.717) is 12.0 Å². The van der Waals surface area contributed by atoms with Crippen molar-refractivity contribution in [1.82, 2.24) is 10.6 Å². The van der Waals surface area contributed by atoms with Crippen LogP contribution in [0.5, 0.6) is 0 Å². The number of halogens is 1. The van der Waals surface area contributed by atoms with E-state index in [1.54, 1.807) is 20.4 Å². The Bertz CT molecular complexity index is 403. The minimum absolute atomic E-state index is 0. The molecule has 1 aliphatic rings. The molecule has 0 spiro atoms. The normalized spacial score (nSPS) is 16.4. The molecule has 0 radical (unpaired) electrons. The van der Waals surface area contributed by atoms with E-state index in [1.807, 2.05) is 12.1 Å². The summed E-state index contributed by atoms with van der Waals surface area (Å²) in [5.74, 6) is 1.73. The maximum atomic E-state index is 5.28. The van der Waals surface area contributed by atoms with Crippen LogP contribution in [0.3, 0.4) is 0 Å². The Hall–Kier alpha value is -0.760. The van der Waals surface area contributed by atoms with Crippen LogP contribution >= 0.6 is 24.0 Å². The predicted octanol–water partition coefficient (Wildman–Crippen LogP) is 2.38. The van der Waals surface area contributed by atoms with E-state index in [2.05, 4.69) is 15.6 Å². The van der Waals surface area contributed by atoms with E-state index >= 15 is 0 Å². The van der Waals surface area contributed by atoms with Crippen LogP contribution in [0, 0.1) is 5.41 Å². The number of hydrogen-bond acceptors (Lipinski definition) is 3. The zero-order valence-electron chi connectivity index (χ0n) is 12.1. The van der Waals surface area contributed by atoms with Gasteiger partial charge in [0.2, 0.25) is 0 Å². The lowest BCUT2D eigenvalue weighted by molar-refractivity contribution is 0.172. The summed E-state index contributed by atoms with van der Waals surface area (Å²) in [5, 5.41) is 6.63. The standard InChI is InChI=1S/C14H23N3O2.HI/c1-15-13(16-10-12-4-3-8-19-12)17-11-14(5-6-14)7-9-18-2;/h3-4,8H,5-7,9-11H2,1-2H3,(H2,15,16,17);1H. The summed E-state index contributed by atoms with van der Waals surface area (Å²) in [5.41, 5.74) is 0.415. The molecule has 2 N–H and O–H groups in total. The molecule has 6 heteroatoms. The van der Waals surface area contributed by atoms with Crippen LogP contribution in [0.1, 0.15) is 25.0 Å². The van der Waals surface area contributed by atoms with Crippen molar-refractivity contribution in [3.63, 3.8) is 0 Å². The van der Waals surface area contributed by atoms with Gasteiger partial charge in [-0.2, -0.15) is 0 Å². The van der Waals surface area contributed by atoms with Crippen LogP contribution < -0.4 is 10.6 Å². The number of guanidine groups is 1. The molecule has 2 rings (SSSR count). The second-order valence-electron chi connectivity index (χ2n) is 5.10. The summed E-state index contributed by atoms with van der Waals surface area (Å²) in [6.45, 7) is 2.44. The maximum Gasteiger partial charge on any atom is 0.191 e. The van der Waals surface area contributed by atoms with Crippen molar-refractivity contribution in [2.75, 3.05) is 27.3 Å². The third kappa shape index (κ3) is 5.32. The number of aliphatic imine (C=N–C) groups is 1. The van der Waals surface area contributed by atoms with Crippen molar-refractivity contribution in [2.45, 2.75) is 25.8 Å². The Morgan fingerprint density at radius 3 is 2.80 bits per heavy atom. The summed E-state index contributed by atoms with van der Waals surface area (Å²) in [7, 11) is 3.54. The fourth-order valence-electron chi connectivity index (χ4n) is 2.09. The minimum atomic E-state index is 0. The van der Waals surface area contributed by atoms with Crippen molar-refractivity contribution < 1.29 is 9.15 Å². The Morgan fingerprint density at radius 1 is 1.45 bits per heavy atom. The van der Waals surface area contributed by atoms with E-state index in [0.717, 1.165) is 31.3 Å². The summed E-state index contributed by atoms with van der Waals surface area (Å²) < 4.78 is 10.4. The molecule has 1 aromatic heterocycles. The topological polar surface area (TPSA) is 58.8 Å². The molecule has 114 valence electrons. The van der Waals surface area contributed by atoms with E-state index in [1.165, 1.54) is 12.8 Å². The summed E-state index contributed by atoms with van der Waals surface area (Å²) in [6, 6.07) is 3.83. The largest absolute Gasteiger partial charge is 0.467 e. The van der Waals surface area contributed by atoms with Gasteiger partial charge in [0.1, 0.15) is 5.76 Å². The molecule has 1 aliphatic carbocycles. The number of nitrogens with one attached hydrogen (secondary N) is 2. The molecule has 5 nitrogen and oxygen atoms in total. The molecule has 1 fully saturated rings. The van der Waals surface area contributed by atoms with E-state index in [9.17, 15) is 0 Å². The number of hydrogen-bond donors (Lipinski definition) is 2. The van der Waals surface area contributed by atoms with Crippen LogP contribution in [0.4, 0.5) is 0 Å². The molecular formula is C14H24IN3O2. The van der Waals surface area contributed by atoms with Crippen LogP contribution in [0.15, 0.2) is 27.8 Å². The first-order valence-electron chi connectivity index (χ1n) is 6.74. The van der Waals surface area contributed by atoms with Gasteiger partial charge in [-0.1, -0.05) is 0 Å². The molecule has 0 aliphatic heterocycles. The van der Waals surface area contributed by atoms with Gasteiger partial charge in [0.25, 0.3) is 0 Å². The van der Waals surface area contributed by atoms with Gasteiger partial charge in [0, 0.05) is 27.3 Å². The third-order valence-corrected chi connectivity index (χ3v) is 3.66. The monoisotopic (exact) mass is 393 g/mol. The first-order valence-corrected chi connectivity index (χ1v) is 6.74. The van der Waals surface area contributed by atoms with Crippen LogP contribution in [0.2, 0.25) is 0 Å². The van der Waals surface area contributed by atoms with Gasteiger partial charge in [-0.05, 0) is 36.8 Å². The van der Waals surface area contributed by atoms with E-state index < -0.39 is 0 Å². The van der Waals surface area contributed by atoms with E-state index in [4.69, 9.17) is 9.15 Å². The number of rotatable bonds is 7. The molecule has 0 saturated heterocycles. The zero-order chi connectivity index (χ0) is 13.6. The maximum absolute atomic E-state index is 5.28. The van der Waals surface area contributed by atoms with Gasteiger partial charge in [0.15, 0.2) is 5.96 Å². The van der Waals surface area contributed by atoms with Gasteiger partial charge in [-0.25, -0.2) is 0 Å². The van der Waals surface area contributed by atoms with Crippen molar-refractivity contribution in [3.8, 4) is 0 Å². The van der Waals surface area contributed by atoms with Crippen LogP contribution in [-0.2, 0) is 11.3 Å². The Morgan fingerprint density at radius 2 is 2.25 bits per heavy atom. The van der Waals surface area contributed by atoms with Crippen LogP contribution in [0.25, 0.3) is 0 Å². The summed E-state index contributed by atoms with van der Waals surface area (Å²) >= 11 is 0. The second kappa shape index (κ2) is 8.51. The minimum Gasteiger partial charge on any atom is -0.467 e. The lowest BCUT2D eigenvalue weighted by Crippen LogP contribution is -2.40. The quantitative estimate of drug-likeness (QED) is 0.424. The Kier molecular flexibility index (Phi) is 7.36. The molecular weight excluding hydrogens is 369 g/mol. The molecule has 0 bridgehead atoms. The SMILES string of the molecule is CN=C(NCc1ccco1)NCC1(CCOC)CC1.I. The number of methoxy groups -OCH3 is 1. The fraction of sp³-hybridized carbons (Fsp3) is 0.643. The lowest BCUT2D eigenvalue weighted by Gasteiger charge is -2.17. The second-order valence-corrected chi connectivity index (χ2v) is 5.10. The van der Waals surface area contributed by atoms with Gasteiger partial charge >= 0.3 is 0 Å². The van der Waals surface area contributed by atoms with Gasteiger partial charge < -0.3 is 19.8 Å². The Balaban J connectivity index is 0.00000200. The third-order valence-electron chi connectivity index (χ3n) is 3.66. The molecule has 1 heterocycles. The highest BCUT2D eigenvalue weighted by Crippen LogP contribution is 2.48. The first kappa shape index (κ1) is 17.3. The van der Waals surface area contributed by atoms with Crippen molar-refractivity contribution >= 4 is 29.9 Å². The smallest absolute Gasteiger partial charge is 0.191 e. The highest BCUT2D eigenvalue weighted by molar-refractivity contribution is 14.0. The number of ether oxygens (including phenoxy) is 1. The van der Waals surface area contributed by atoms with Gasteiger partial charge in [-0.3, -0.25) is 4.99 Å². The fourth-order valence-corrected chi connectivity index (χ4v) is 2.09. The predicted molar refractivity (Wildman–Crippen MR) is 90.5 cm³/mol. The van der Waals surface area contributed by atoms with Crippen molar-refractivity contribution in [2.24, 2.45) is 10.4 Å². The summed E-state index contributed by atoms with van der Waals surface area (Å²) in [4.78, 5) is 4.22. The average molecular weight is 393 g/mol. The molecule has 1 saturated carbocycles. The molecule has 20 heavy (non-hydrogen) atoms. The van der Waals surface area contributed by atoms with Crippen molar-refractivity contribution in [3.05, 3.63) is 24.2 Å². The molecule has 1 aromatic rings. The van der Waals surface area contributed by atoms with Gasteiger partial charge in [0.05, 0.1) is 12.8 Å². The van der Waals surface area contributed by atoms with Crippen LogP contribution in [-0.4, -0.2) is 33.3 Å². The highest BCUT2D eigenvalue weighted by atomic mass is 127. The average Bonchev–Trinajstić information content (AvgIpc) is 3.00. The van der Waals surface area contributed by atoms with Crippen molar-refractivity contribution in [1.29, 1.82) is 0 Å². The molecule has 0 atom stereocenters. The molecule has 0 unspecified atom stereocenters. The van der Waals surface area contributed by atoms with E-state index in [-0.39, 0.29) is 24.0 Å². The number of nitrogens with zero attached hydrogens (tertiary/aromatic N) is 1. The summed E-state index contributed by atoms with van der Waals surface area (Å²) in [6.07, 6.45) is 5.35.